The second kappa shape index (κ2) is 14.8. The summed E-state index contributed by atoms with van der Waals surface area (Å²) in [5.41, 5.74) is -0.731. The molecule has 1 aromatic rings. The van der Waals surface area contributed by atoms with Gasteiger partial charge in [-0.25, -0.2) is 4.79 Å². The molecule has 1 aliphatic carbocycles. The van der Waals surface area contributed by atoms with Gasteiger partial charge in [-0.05, 0) is 81.4 Å². The summed E-state index contributed by atoms with van der Waals surface area (Å²) >= 11 is 0. The Kier molecular flexibility index (Phi) is 11.8. The number of hydrogen-bond acceptors (Lipinski definition) is 7. The van der Waals surface area contributed by atoms with Gasteiger partial charge in [-0.2, -0.15) is 13.2 Å². The van der Waals surface area contributed by atoms with Gasteiger partial charge in [0.1, 0.15) is 11.9 Å². The van der Waals surface area contributed by atoms with Crippen molar-refractivity contribution in [2.75, 3.05) is 20.3 Å². The highest BCUT2D eigenvalue weighted by atomic mass is 19.4. The van der Waals surface area contributed by atoms with Crippen LogP contribution in [0.3, 0.4) is 0 Å². The molecule has 0 bridgehead atoms. The number of methoxy groups -OCH3 is 1. The summed E-state index contributed by atoms with van der Waals surface area (Å²) in [6.07, 6.45) is 7.85. The van der Waals surface area contributed by atoms with Gasteiger partial charge in [0.2, 0.25) is 0 Å². The van der Waals surface area contributed by atoms with E-state index in [1.165, 1.54) is 12.1 Å². The maximum atomic E-state index is 12.8. The first-order valence-electron chi connectivity index (χ1n) is 13.5. The molecule has 3 rings (SSSR count). The van der Waals surface area contributed by atoms with Crippen molar-refractivity contribution < 1.29 is 47.1 Å². The number of alkyl halides is 3. The van der Waals surface area contributed by atoms with Crippen molar-refractivity contribution in [3.63, 3.8) is 0 Å². The zero-order valence-electron chi connectivity index (χ0n) is 22.3. The molecule has 10 heteroatoms. The van der Waals surface area contributed by atoms with Crippen LogP contribution in [0.1, 0.15) is 63.4 Å². The van der Waals surface area contributed by atoms with Gasteiger partial charge in [-0.3, -0.25) is 0 Å². The Morgan fingerprint density at radius 3 is 2.69 bits per heavy atom. The van der Waals surface area contributed by atoms with E-state index in [-0.39, 0.29) is 18.8 Å². The van der Waals surface area contributed by atoms with E-state index in [1.807, 2.05) is 12.2 Å². The van der Waals surface area contributed by atoms with E-state index in [1.54, 1.807) is 6.08 Å². The third kappa shape index (κ3) is 9.34. The van der Waals surface area contributed by atoms with Crippen molar-refractivity contribution in [3.05, 3.63) is 54.1 Å². The molecule has 0 amide bonds. The standard InChI is InChI=1S/C29H39F3O7/c1-36-27(34)28(35,39-26-17-5-7-19-38-26)25(33)16-3-2-10-21-12-8-13-22(21)11-4-6-18-37-24-15-9-14-23(20-24)29(30,31)32/h2-4,9,11,14-15,20-22,25-26,33,35H,5-8,10,12-13,16-19H2,1H3/t21-,22-,25?,26?,28?/m0/s1. The molecule has 2 aliphatic rings. The predicted molar refractivity (Wildman–Crippen MR) is 138 cm³/mol. The highest BCUT2D eigenvalue weighted by Gasteiger charge is 2.48. The first-order valence-corrected chi connectivity index (χ1v) is 13.5. The molecule has 0 spiro atoms. The number of esters is 1. The van der Waals surface area contributed by atoms with Gasteiger partial charge in [0.05, 0.1) is 19.3 Å². The van der Waals surface area contributed by atoms with Gasteiger partial charge in [0.25, 0.3) is 5.79 Å². The molecule has 1 saturated carbocycles. The van der Waals surface area contributed by atoms with Crippen LogP contribution in [0.25, 0.3) is 0 Å². The van der Waals surface area contributed by atoms with Gasteiger partial charge in [0, 0.05) is 6.61 Å². The molecule has 1 aliphatic heterocycles. The van der Waals surface area contributed by atoms with Crippen LogP contribution in [0.5, 0.6) is 5.75 Å². The minimum atomic E-state index is -4.40. The van der Waals surface area contributed by atoms with Crippen LogP contribution in [-0.4, -0.2) is 54.7 Å². The summed E-state index contributed by atoms with van der Waals surface area (Å²) in [6.45, 7) is 0.738. The van der Waals surface area contributed by atoms with Crippen LogP contribution in [0.4, 0.5) is 13.2 Å². The number of allylic oxidation sites excluding steroid dienone is 2. The first-order chi connectivity index (χ1) is 18.6. The molecule has 39 heavy (non-hydrogen) atoms. The number of carbonyl (C=O) groups excluding carboxylic acids is 1. The third-order valence-electron chi connectivity index (χ3n) is 7.16. The maximum Gasteiger partial charge on any atom is 0.416 e. The molecule has 3 unspecified atom stereocenters. The topological polar surface area (TPSA) is 94.5 Å². The van der Waals surface area contributed by atoms with E-state index in [0.29, 0.717) is 31.3 Å². The van der Waals surface area contributed by atoms with Crippen LogP contribution >= 0.6 is 0 Å². The number of rotatable bonds is 13. The van der Waals surface area contributed by atoms with Crippen molar-refractivity contribution >= 4 is 5.97 Å². The maximum absolute atomic E-state index is 12.8. The number of halogens is 3. The number of carbonyl (C=O) groups is 1. The molecule has 5 atom stereocenters. The second-order valence-electron chi connectivity index (χ2n) is 10.0. The fourth-order valence-corrected chi connectivity index (χ4v) is 4.96. The van der Waals surface area contributed by atoms with Crippen LogP contribution in [0, 0.1) is 11.8 Å². The number of benzene rings is 1. The average molecular weight is 557 g/mol. The molecule has 1 aromatic carbocycles. The Labute approximate surface area is 227 Å². The summed E-state index contributed by atoms with van der Waals surface area (Å²) in [5, 5.41) is 21.4. The Morgan fingerprint density at radius 2 is 1.97 bits per heavy atom. The molecule has 2 N–H and O–H groups in total. The van der Waals surface area contributed by atoms with Crippen LogP contribution in [0.15, 0.2) is 48.6 Å². The van der Waals surface area contributed by atoms with E-state index in [0.717, 1.165) is 57.8 Å². The van der Waals surface area contributed by atoms with Gasteiger partial charge < -0.3 is 29.2 Å². The van der Waals surface area contributed by atoms with Gasteiger partial charge in [-0.1, -0.05) is 36.8 Å². The van der Waals surface area contributed by atoms with Crippen molar-refractivity contribution in [2.45, 2.75) is 82.1 Å². The quantitative estimate of drug-likeness (QED) is 0.142. The van der Waals surface area contributed by atoms with Crippen LogP contribution in [0.2, 0.25) is 0 Å². The summed E-state index contributed by atoms with van der Waals surface area (Å²) in [6, 6.07) is 4.86. The van der Waals surface area contributed by atoms with E-state index in [2.05, 4.69) is 10.8 Å². The SMILES string of the molecule is COC(=O)C(O)(OC1CCCCO1)C(O)CC=CC[C@H]1CCC[C@@H]1C=CCCOc1cccc(C(F)(F)F)c1. The van der Waals surface area contributed by atoms with E-state index < -0.39 is 35.9 Å². The lowest BCUT2D eigenvalue weighted by molar-refractivity contribution is -0.320. The van der Waals surface area contributed by atoms with Crippen LogP contribution in [-0.2, 0) is 25.2 Å². The molecule has 7 nitrogen and oxygen atoms in total. The minimum Gasteiger partial charge on any atom is -0.493 e. The Morgan fingerprint density at radius 1 is 1.15 bits per heavy atom. The minimum absolute atomic E-state index is 0.00156. The zero-order valence-corrected chi connectivity index (χ0v) is 22.3. The van der Waals surface area contributed by atoms with Gasteiger partial charge in [-0.15, -0.1) is 0 Å². The second-order valence-corrected chi connectivity index (χ2v) is 10.0. The van der Waals surface area contributed by atoms with Crippen molar-refractivity contribution in [2.24, 2.45) is 11.8 Å². The summed E-state index contributed by atoms with van der Waals surface area (Å²) < 4.78 is 59.5. The summed E-state index contributed by atoms with van der Waals surface area (Å²) in [5.74, 6) is -2.62. The molecule has 2 fully saturated rings. The van der Waals surface area contributed by atoms with E-state index in [9.17, 15) is 28.2 Å². The monoisotopic (exact) mass is 556 g/mol. The normalized spacial score (nSPS) is 24.6. The lowest BCUT2D eigenvalue weighted by Crippen LogP contribution is -2.54. The molecular formula is C29H39F3O7. The molecule has 1 heterocycles. The largest absolute Gasteiger partial charge is 0.493 e. The molecule has 0 aromatic heterocycles. The first kappa shape index (κ1) is 31.1. The van der Waals surface area contributed by atoms with Gasteiger partial charge >= 0.3 is 12.1 Å². The zero-order chi connectivity index (χ0) is 28.3. The number of aliphatic hydroxyl groups is 2. The number of ether oxygens (including phenoxy) is 4. The fourth-order valence-electron chi connectivity index (χ4n) is 4.96. The van der Waals surface area contributed by atoms with Crippen molar-refractivity contribution in [1.82, 2.24) is 0 Å². The van der Waals surface area contributed by atoms with E-state index in [4.69, 9.17) is 14.2 Å². The van der Waals surface area contributed by atoms with Gasteiger partial charge in [0.15, 0.2) is 6.29 Å². The Bertz CT molecular complexity index is 958. The van der Waals surface area contributed by atoms with Crippen molar-refractivity contribution in [1.29, 1.82) is 0 Å². The average Bonchev–Trinajstić information content (AvgIpc) is 3.37. The van der Waals surface area contributed by atoms with Crippen molar-refractivity contribution in [3.8, 4) is 5.75 Å². The summed E-state index contributed by atoms with van der Waals surface area (Å²) in [7, 11) is 1.12. The Balaban J connectivity index is 1.43. The highest BCUT2D eigenvalue weighted by molar-refractivity contribution is 5.78. The highest BCUT2D eigenvalue weighted by Crippen LogP contribution is 2.36. The summed E-state index contributed by atoms with van der Waals surface area (Å²) in [4.78, 5) is 12.2. The predicted octanol–water partition coefficient (Wildman–Crippen LogP) is 5.55. The fraction of sp³-hybridized carbons (Fsp3) is 0.621. The smallest absolute Gasteiger partial charge is 0.416 e. The molecule has 0 radical (unpaired) electrons. The lowest BCUT2D eigenvalue weighted by Gasteiger charge is -2.34. The van der Waals surface area contributed by atoms with E-state index >= 15 is 0 Å². The van der Waals surface area contributed by atoms with Crippen LogP contribution < -0.4 is 4.74 Å². The molecule has 218 valence electrons. The lowest BCUT2D eigenvalue weighted by atomic mass is 9.92. The number of hydrogen-bond donors (Lipinski definition) is 2. The molecular weight excluding hydrogens is 517 g/mol. The molecule has 1 saturated heterocycles. The third-order valence-corrected chi connectivity index (χ3v) is 7.16. The Hall–Kier alpha value is -2.40. The number of aliphatic hydroxyl groups excluding tert-OH is 1.